The van der Waals surface area contributed by atoms with Crippen molar-refractivity contribution in [3.8, 4) is 0 Å². The number of ether oxygens (including phenoxy) is 1. The van der Waals surface area contributed by atoms with Gasteiger partial charge in [-0.25, -0.2) is 0 Å². The first-order valence-electron chi connectivity index (χ1n) is 4.45. The van der Waals surface area contributed by atoms with Gasteiger partial charge in [0.1, 0.15) is 0 Å². The molecule has 1 nitrogen and oxygen atoms in total. The zero-order valence-electron chi connectivity index (χ0n) is 7.39. The summed E-state index contributed by atoms with van der Waals surface area (Å²) in [6.07, 6.45) is 4.31. The van der Waals surface area contributed by atoms with E-state index in [1.807, 2.05) is 0 Å². The number of fused-ring (bicyclic) bond motifs is 1. The molecule has 1 aliphatic heterocycles. The molecule has 0 aromatic rings. The lowest BCUT2D eigenvalue weighted by molar-refractivity contribution is 0.287. The molecule has 62 valence electrons. The molecule has 0 bridgehead atoms. The van der Waals surface area contributed by atoms with E-state index in [-0.39, 0.29) is 5.60 Å². The van der Waals surface area contributed by atoms with Gasteiger partial charge >= 0.3 is 0 Å². The van der Waals surface area contributed by atoms with E-state index in [0.717, 1.165) is 5.92 Å². The molecule has 0 aromatic heterocycles. The molecule has 3 atom stereocenters. The summed E-state index contributed by atoms with van der Waals surface area (Å²) in [6, 6.07) is 0. The molecular weight excluding hydrogens is 136 g/mol. The molecule has 0 N–H and O–H groups in total. The van der Waals surface area contributed by atoms with Crippen LogP contribution in [0.15, 0.2) is 12.2 Å². The van der Waals surface area contributed by atoms with Crippen LogP contribution in [0.5, 0.6) is 0 Å². The van der Waals surface area contributed by atoms with Gasteiger partial charge in [0, 0.05) is 0 Å². The van der Waals surface area contributed by atoms with Crippen LogP contribution < -0.4 is 0 Å². The zero-order chi connectivity index (χ0) is 8.06. The van der Waals surface area contributed by atoms with E-state index in [2.05, 4.69) is 20.4 Å². The first-order chi connectivity index (χ1) is 5.12. The minimum atomic E-state index is 0.238. The lowest BCUT2D eigenvalue weighted by Crippen LogP contribution is -2.22. The summed E-state index contributed by atoms with van der Waals surface area (Å²) in [4.78, 5) is 0. The van der Waals surface area contributed by atoms with E-state index < -0.39 is 0 Å². The van der Waals surface area contributed by atoms with Gasteiger partial charge < -0.3 is 4.74 Å². The van der Waals surface area contributed by atoms with Crippen LogP contribution in [-0.2, 0) is 4.74 Å². The Balaban J connectivity index is 2.02. The van der Waals surface area contributed by atoms with Crippen LogP contribution in [0.2, 0.25) is 0 Å². The smallest absolute Gasteiger partial charge is 0.0926 e. The Morgan fingerprint density at radius 1 is 1.55 bits per heavy atom. The summed E-state index contributed by atoms with van der Waals surface area (Å²) >= 11 is 0. The second kappa shape index (κ2) is 2.10. The third kappa shape index (κ3) is 1.12. The van der Waals surface area contributed by atoms with Crippen molar-refractivity contribution in [2.24, 2.45) is 5.92 Å². The summed E-state index contributed by atoms with van der Waals surface area (Å²) in [5.41, 5.74) is 1.57. The van der Waals surface area contributed by atoms with Crippen LogP contribution >= 0.6 is 0 Å². The normalized spacial score (nSPS) is 48.2. The fourth-order valence-electron chi connectivity index (χ4n) is 2.20. The van der Waals surface area contributed by atoms with Crippen molar-refractivity contribution >= 4 is 0 Å². The number of hydrogen-bond donors (Lipinski definition) is 0. The SMILES string of the molecule is C=C(C)[C@@H]1CC[C@H]2O[C@@]2(C)C1. The average Bonchev–Trinajstić information content (AvgIpc) is 2.58. The van der Waals surface area contributed by atoms with Crippen LogP contribution in [0.1, 0.15) is 33.1 Å². The predicted molar refractivity (Wildman–Crippen MR) is 45.4 cm³/mol. The van der Waals surface area contributed by atoms with Crippen LogP contribution in [0.4, 0.5) is 0 Å². The second-order valence-corrected chi connectivity index (χ2v) is 4.24. The minimum absolute atomic E-state index is 0.238. The Bertz CT molecular complexity index is 197. The van der Waals surface area contributed by atoms with E-state index in [0.29, 0.717) is 6.10 Å². The molecule has 0 amide bonds. The molecule has 0 unspecified atom stereocenters. The van der Waals surface area contributed by atoms with Crippen LogP contribution in [-0.4, -0.2) is 11.7 Å². The molecule has 0 aromatic carbocycles. The summed E-state index contributed by atoms with van der Waals surface area (Å²) < 4.78 is 5.60. The van der Waals surface area contributed by atoms with Gasteiger partial charge in [-0.15, -0.1) is 0 Å². The maximum absolute atomic E-state index is 5.60. The topological polar surface area (TPSA) is 12.5 Å². The lowest BCUT2D eigenvalue weighted by atomic mass is 9.79. The highest BCUT2D eigenvalue weighted by Gasteiger charge is 2.55. The van der Waals surface area contributed by atoms with Gasteiger partial charge in [0.15, 0.2) is 0 Å². The Kier molecular flexibility index (Phi) is 1.40. The van der Waals surface area contributed by atoms with E-state index in [4.69, 9.17) is 4.74 Å². The Morgan fingerprint density at radius 3 is 2.82 bits per heavy atom. The van der Waals surface area contributed by atoms with E-state index >= 15 is 0 Å². The molecule has 0 spiro atoms. The fourth-order valence-corrected chi connectivity index (χ4v) is 2.20. The minimum Gasteiger partial charge on any atom is -0.366 e. The monoisotopic (exact) mass is 152 g/mol. The molecule has 2 aliphatic rings. The third-order valence-electron chi connectivity index (χ3n) is 3.16. The van der Waals surface area contributed by atoms with Crippen molar-refractivity contribution in [1.29, 1.82) is 0 Å². The van der Waals surface area contributed by atoms with Crippen molar-refractivity contribution in [2.75, 3.05) is 0 Å². The van der Waals surface area contributed by atoms with Gasteiger partial charge in [0.25, 0.3) is 0 Å². The van der Waals surface area contributed by atoms with Crippen LogP contribution in [0.25, 0.3) is 0 Å². The molecule has 2 rings (SSSR count). The average molecular weight is 152 g/mol. The molecule has 1 heteroatoms. The Hall–Kier alpha value is -0.300. The molecule has 2 fully saturated rings. The standard InChI is InChI=1S/C10H16O/c1-7(2)8-4-5-9-10(3,6-8)11-9/h8-9H,1,4-6H2,2-3H3/t8-,9-,10+/m1/s1. The van der Waals surface area contributed by atoms with Gasteiger partial charge in [-0.05, 0) is 39.0 Å². The number of hydrogen-bond acceptors (Lipinski definition) is 1. The molecule has 1 heterocycles. The molecule has 1 saturated heterocycles. The van der Waals surface area contributed by atoms with Crippen LogP contribution in [0.3, 0.4) is 0 Å². The summed E-state index contributed by atoms with van der Waals surface area (Å²) in [5.74, 6) is 0.721. The maximum Gasteiger partial charge on any atom is 0.0926 e. The van der Waals surface area contributed by atoms with Crippen molar-refractivity contribution in [3.63, 3.8) is 0 Å². The zero-order valence-corrected chi connectivity index (χ0v) is 7.39. The van der Waals surface area contributed by atoms with Gasteiger partial charge in [0.05, 0.1) is 11.7 Å². The molecule has 1 aliphatic carbocycles. The Labute approximate surface area is 68.4 Å². The fraction of sp³-hybridized carbons (Fsp3) is 0.800. The van der Waals surface area contributed by atoms with Gasteiger partial charge in [-0.2, -0.15) is 0 Å². The van der Waals surface area contributed by atoms with Gasteiger partial charge in [0.2, 0.25) is 0 Å². The van der Waals surface area contributed by atoms with Crippen molar-refractivity contribution in [2.45, 2.75) is 44.8 Å². The number of allylic oxidation sites excluding steroid dienone is 1. The quantitative estimate of drug-likeness (QED) is 0.415. The van der Waals surface area contributed by atoms with Crippen molar-refractivity contribution in [1.82, 2.24) is 0 Å². The largest absolute Gasteiger partial charge is 0.366 e. The van der Waals surface area contributed by atoms with Crippen LogP contribution in [0, 0.1) is 5.92 Å². The molecule has 1 saturated carbocycles. The van der Waals surface area contributed by atoms with Crippen molar-refractivity contribution in [3.05, 3.63) is 12.2 Å². The highest BCUT2D eigenvalue weighted by molar-refractivity contribution is 5.10. The van der Waals surface area contributed by atoms with E-state index in [1.54, 1.807) is 0 Å². The predicted octanol–water partition coefficient (Wildman–Crippen LogP) is 2.52. The first-order valence-corrected chi connectivity index (χ1v) is 4.45. The summed E-state index contributed by atoms with van der Waals surface area (Å²) in [5, 5.41) is 0. The summed E-state index contributed by atoms with van der Waals surface area (Å²) in [6.45, 7) is 8.37. The highest BCUT2D eigenvalue weighted by atomic mass is 16.6. The maximum atomic E-state index is 5.60. The molecule has 11 heavy (non-hydrogen) atoms. The number of rotatable bonds is 1. The second-order valence-electron chi connectivity index (χ2n) is 4.24. The van der Waals surface area contributed by atoms with Crippen molar-refractivity contribution < 1.29 is 4.74 Å². The first kappa shape index (κ1) is 7.35. The summed E-state index contributed by atoms with van der Waals surface area (Å²) in [7, 11) is 0. The van der Waals surface area contributed by atoms with E-state index in [1.165, 1.54) is 24.8 Å². The highest BCUT2D eigenvalue weighted by Crippen LogP contribution is 2.50. The molecular formula is C10H16O. The lowest BCUT2D eigenvalue weighted by Gasteiger charge is -2.23. The van der Waals surface area contributed by atoms with Gasteiger partial charge in [-0.3, -0.25) is 0 Å². The van der Waals surface area contributed by atoms with Gasteiger partial charge in [-0.1, -0.05) is 12.2 Å². The number of epoxide rings is 1. The van der Waals surface area contributed by atoms with E-state index in [9.17, 15) is 0 Å². The third-order valence-corrected chi connectivity index (χ3v) is 3.16. The molecule has 0 radical (unpaired) electrons. The Morgan fingerprint density at radius 2 is 2.27 bits per heavy atom.